The molecule has 2 rings (SSSR count). The van der Waals surface area contributed by atoms with Crippen LogP contribution in [0.25, 0.3) is 11.7 Å². The van der Waals surface area contributed by atoms with Crippen molar-refractivity contribution in [2.75, 3.05) is 0 Å². The van der Waals surface area contributed by atoms with E-state index in [0.717, 1.165) is 0 Å². The standard InChI is InChI=1S/C9H8N2O4/c1-4-3-6(15-11-4)8-10-5(2)7(14-8)9(12)13/h3H,1-2H3,(H,12,13). The first kappa shape index (κ1) is 9.45. The Kier molecular flexibility index (Phi) is 2.03. The van der Waals surface area contributed by atoms with Crippen LogP contribution in [0.5, 0.6) is 0 Å². The number of nitrogens with zero attached hydrogens (tertiary/aromatic N) is 2. The van der Waals surface area contributed by atoms with Gasteiger partial charge >= 0.3 is 5.97 Å². The Morgan fingerprint density at radius 2 is 2.20 bits per heavy atom. The Morgan fingerprint density at radius 1 is 1.47 bits per heavy atom. The molecule has 0 atom stereocenters. The largest absolute Gasteiger partial charge is 0.475 e. The van der Waals surface area contributed by atoms with E-state index in [2.05, 4.69) is 10.1 Å². The van der Waals surface area contributed by atoms with Crippen LogP contribution < -0.4 is 0 Å². The summed E-state index contributed by atoms with van der Waals surface area (Å²) >= 11 is 0. The normalized spacial score (nSPS) is 10.5. The molecule has 0 amide bonds. The van der Waals surface area contributed by atoms with Crippen LogP contribution in [-0.4, -0.2) is 21.2 Å². The van der Waals surface area contributed by atoms with Crippen molar-refractivity contribution in [3.8, 4) is 11.7 Å². The van der Waals surface area contributed by atoms with E-state index in [-0.39, 0.29) is 11.7 Å². The monoisotopic (exact) mass is 208 g/mol. The first-order chi connectivity index (χ1) is 7.08. The molecule has 2 heterocycles. The predicted octanol–water partition coefficient (Wildman–Crippen LogP) is 1.64. The van der Waals surface area contributed by atoms with Gasteiger partial charge in [-0.1, -0.05) is 5.16 Å². The Morgan fingerprint density at radius 3 is 2.67 bits per heavy atom. The smallest absolute Gasteiger partial charge is 0.373 e. The van der Waals surface area contributed by atoms with Crippen molar-refractivity contribution in [2.24, 2.45) is 0 Å². The van der Waals surface area contributed by atoms with Crippen molar-refractivity contribution >= 4 is 5.97 Å². The van der Waals surface area contributed by atoms with E-state index < -0.39 is 5.97 Å². The average Bonchev–Trinajstić information content (AvgIpc) is 2.71. The molecule has 15 heavy (non-hydrogen) atoms. The number of rotatable bonds is 2. The molecule has 0 aromatic carbocycles. The highest BCUT2D eigenvalue weighted by Crippen LogP contribution is 2.22. The van der Waals surface area contributed by atoms with Gasteiger partial charge in [0.2, 0.25) is 11.5 Å². The number of aromatic carboxylic acids is 1. The Hall–Kier alpha value is -2.11. The van der Waals surface area contributed by atoms with Gasteiger partial charge in [-0.15, -0.1) is 0 Å². The summed E-state index contributed by atoms with van der Waals surface area (Å²) in [4.78, 5) is 14.6. The molecule has 0 unspecified atom stereocenters. The predicted molar refractivity (Wildman–Crippen MR) is 48.4 cm³/mol. The first-order valence-electron chi connectivity index (χ1n) is 4.22. The lowest BCUT2D eigenvalue weighted by atomic mass is 10.4. The zero-order valence-electron chi connectivity index (χ0n) is 8.14. The SMILES string of the molecule is Cc1cc(-c2nc(C)c(C(=O)O)o2)on1. The van der Waals surface area contributed by atoms with Crippen LogP contribution in [-0.2, 0) is 0 Å². The van der Waals surface area contributed by atoms with E-state index >= 15 is 0 Å². The van der Waals surface area contributed by atoms with Crippen molar-refractivity contribution in [1.82, 2.24) is 10.1 Å². The van der Waals surface area contributed by atoms with Crippen molar-refractivity contribution in [2.45, 2.75) is 13.8 Å². The summed E-state index contributed by atoms with van der Waals surface area (Å²) in [6.45, 7) is 3.31. The molecule has 0 fully saturated rings. The maximum atomic E-state index is 10.7. The van der Waals surface area contributed by atoms with Gasteiger partial charge in [0.1, 0.15) is 0 Å². The Balaban J connectivity index is 2.46. The van der Waals surface area contributed by atoms with Gasteiger partial charge in [0.25, 0.3) is 5.89 Å². The van der Waals surface area contributed by atoms with E-state index in [4.69, 9.17) is 14.0 Å². The van der Waals surface area contributed by atoms with Gasteiger partial charge in [0, 0.05) is 6.07 Å². The lowest BCUT2D eigenvalue weighted by Gasteiger charge is -1.85. The second-order valence-corrected chi connectivity index (χ2v) is 3.07. The van der Waals surface area contributed by atoms with E-state index in [1.807, 2.05) is 0 Å². The topological polar surface area (TPSA) is 89.4 Å². The molecule has 0 aliphatic heterocycles. The second-order valence-electron chi connectivity index (χ2n) is 3.07. The summed E-state index contributed by atoms with van der Waals surface area (Å²) in [7, 11) is 0. The van der Waals surface area contributed by atoms with Crippen LogP contribution >= 0.6 is 0 Å². The lowest BCUT2D eigenvalue weighted by molar-refractivity contribution is 0.0662. The van der Waals surface area contributed by atoms with Crippen molar-refractivity contribution in [1.29, 1.82) is 0 Å². The number of aryl methyl sites for hydroxylation is 2. The van der Waals surface area contributed by atoms with Gasteiger partial charge in [-0.2, -0.15) is 0 Å². The molecule has 0 saturated carbocycles. The van der Waals surface area contributed by atoms with E-state index in [1.165, 1.54) is 0 Å². The minimum Gasteiger partial charge on any atom is -0.475 e. The highest BCUT2D eigenvalue weighted by atomic mass is 16.5. The molecule has 0 radical (unpaired) electrons. The summed E-state index contributed by atoms with van der Waals surface area (Å²) in [6.07, 6.45) is 0. The maximum Gasteiger partial charge on any atom is 0.373 e. The van der Waals surface area contributed by atoms with E-state index in [9.17, 15) is 4.79 Å². The van der Waals surface area contributed by atoms with Crippen LogP contribution in [0, 0.1) is 13.8 Å². The fraction of sp³-hybridized carbons (Fsp3) is 0.222. The third-order valence-electron chi connectivity index (χ3n) is 1.83. The molecule has 0 saturated heterocycles. The zero-order chi connectivity index (χ0) is 11.0. The van der Waals surface area contributed by atoms with E-state index in [1.54, 1.807) is 19.9 Å². The number of carbonyl (C=O) groups is 1. The average molecular weight is 208 g/mol. The molecule has 0 aliphatic rings. The van der Waals surface area contributed by atoms with Gasteiger partial charge in [-0.3, -0.25) is 0 Å². The zero-order valence-corrected chi connectivity index (χ0v) is 8.14. The highest BCUT2D eigenvalue weighted by Gasteiger charge is 2.19. The number of hydrogen-bond donors (Lipinski definition) is 1. The van der Waals surface area contributed by atoms with Crippen molar-refractivity contribution in [3.05, 3.63) is 23.2 Å². The van der Waals surface area contributed by atoms with Crippen LogP contribution in [0.15, 0.2) is 15.0 Å². The second kappa shape index (κ2) is 3.23. The number of carboxylic acid groups (broad SMARTS) is 1. The first-order valence-corrected chi connectivity index (χ1v) is 4.22. The third-order valence-corrected chi connectivity index (χ3v) is 1.83. The van der Waals surface area contributed by atoms with Crippen molar-refractivity contribution < 1.29 is 18.8 Å². The summed E-state index contributed by atoms with van der Waals surface area (Å²) in [5.41, 5.74) is 0.990. The molecular weight excluding hydrogens is 200 g/mol. The number of aromatic nitrogens is 2. The summed E-state index contributed by atoms with van der Waals surface area (Å²) in [6, 6.07) is 1.62. The highest BCUT2D eigenvalue weighted by molar-refractivity contribution is 5.85. The molecule has 2 aromatic heterocycles. The Labute approximate surface area is 84.5 Å². The van der Waals surface area contributed by atoms with Gasteiger partial charge in [0.05, 0.1) is 11.4 Å². The van der Waals surface area contributed by atoms with Crippen LogP contribution in [0.2, 0.25) is 0 Å². The Bertz CT molecular complexity index is 512. The van der Waals surface area contributed by atoms with Crippen LogP contribution in [0.3, 0.4) is 0 Å². The third kappa shape index (κ3) is 1.61. The number of hydrogen-bond acceptors (Lipinski definition) is 5. The van der Waals surface area contributed by atoms with Gasteiger partial charge in [-0.25, -0.2) is 9.78 Å². The lowest BCUT2D eigenvalue weighted by Crippen LogP contribution is -1.95. The minimum atomic E-state index is -1.15. The fourth-order valence-corrected chi connectivity index (χ4v) is 1.16. The number of carboxylic acids is 1. The van der Waals surface area contributed by atoms with Gasteiger partial charge < -0.3 is 14.0 Å². The summed E-state index contributed by atoms with van der Waals surface area (Å²) in [5, 5.41) is 12.4. The fourth-order valence-electron chi connectivity index (χ4n) is 1.16. The quantitative estimate of drug-likeness (QED) is 0.806. The van der Waals surface area contributed by atoms with Gasteiger partial charge in [0.15, 0.2) is 0 Å². The van der Waals surface area contributed by atoms with Crippen LogP contribution in [0.4, 0.5) is 0 Å². The van der Waals surface area contributed by atoms with E-state index in [0.29, 0.717) is 17.1 Å². The van der Waals surface area contributed by atoms with Crippen LogP contribution in [0.1, 0.15) is 21.9 Å². The molecule has 0 spiro atoms. The molecule has 2 aromatic rings. The molecule has 6 heteroatoms. The molecular formula is C9H8N2O4. The molecule has 0 bridgehead atoms. The maximum absolute atomic E-state index is 10.7. The summed E-state index contributed by atoms with van der Waals surface area (Å²) in [5.74, 6) is -0.879. The van der Waals surface area contributed by atoms with Crippen molar-refractivity contribution in [3.63, 3.8) is 0 Å². The molecule has 78 valence electrons. The van der Waals surface area contributed by atoms with Gasteiger partial charge in [-0.05, 0) is 13.8 Å². The summed E-state index contributed by atoms with van der Waals surface area (Å²) < 4.78 is 9.93. The molecule has 1 N–H and O–H groups in total. The number of oxazole rings is 1. The molecule has 6 nitrogen and oxygen atoms in total. The minimum absolute atomic E-state index is 0.130. The molecule has 0 aliphatic carbocycles.